The number of nitrogens with two attached hydrogens (primary N) is 1. The van der Waals surface area contributed by atoms with E-state index in [9.17, 15) is 4.79 Å². The van der Waals surface area contributed by atoms with Crippen molar-refractivity contribution in [2.24, 2.45) is 5.73 Å². The second-order valence-corrected chi connectivity index (χ2v) is 6.01. The lowest BCUT2D eigenvalue weighted by atomic mass is 10.00. The molecule has 0 aliphatic heterocycles. The maximum absolute atomic E-state index is 11.1. The first-order valence-electron chi connectivity index (χ1n) is 6.23. The standard InChI is InChI=1S/C13H21ClN4O/c1-7(2)11-16-10(14)8(3)12(17-11)18-13(4,5)6-9(15)19/h7H,6H2,1-5H3,(H2,15,19)(H,16,17,18). The number of hydrogen-bond donors (Lipinski definition) is 2. The number of anilines is 1. The van der Waals surface area contributed by atoms with Gasteiger partial charge in [0.1, 0.15) is 16.8 Å². The number of rotatable bonds is 5. The molecule has 0 aliphatic rings. The normalized spacial score (nSPS) is 11.7. The summed E-state index contributed by atoms with van der Waals surface area (Å²) < 4.78 is 0. The molecule has 0 aliphatic carbocycles. The summed E-state index contributed by atoms with van der Waals surface area (Å²) in [5, 5.41) is 3.64. The predicted molar refractivity (Wildman–Crippen MR) is 77.4 cm³/mol. The Hall–Kier alpha value is -1.36. The zero-order chi connectivity index (χ0) is 14.8. The van der Waals surface area contributed by atoms with Crippen molar-refractivity contribution in [2.45, 2.75) is 52.5 Å². The lowest BCUT2D eigenvalue weighted by molar-refractivity contribution is -0.118. The topological polar surface area (TPSA) is 80.9 Å². The van der Waals surface area contributed by atoms with Gasteiger partial charge in [-0.3, -0.25) is 4.79 Å². The van der Waals surface area contributed by atoms with Crippen LogP contribution in [0.2, 0.25) is 5.15 Å². The highest BCUT2D eigenvalue weighted by atomic mass is 35.5. The monoisotopic (exact) mass is 284 g/mol. The van der Waals surface area contributed by atoms with Gasteiger partial charge in [0.2, 0.25) is 5.91 Å². The van der Waals surface area contributed by atoms with Crippen LogP contribution in [0.4, 0.5) is 5.82 Å². The van der Waals surface area contributed by atoms with Gasteiger partial charge < -0.3 is 11.1 Å². The molecule has 0 unspecified atom stereocenters. The van der Waals surface area contributed by atoms with E-state index in [2.05, 4.69) is 15.3 Å². The number of aromatic nitrogens is 2. The van der Waals surface area contributed by atoms with Crippen LogP contribution < -0.4 is 11.1 Å². The van der Waals surface area contributed by atoms with Crippen LogP contribution in [-0.2, 0) is 4.79 Å². The van der Waals surface area contributed by atoms with Gasteiger partial charge in [0, 0.05) is 23.4 Å². The molecule has 1 rings (SSSR count). The maximum Gasteiger partial charge on any atom is 0.219 e. The molecule has 1 aromatic heterocycles. The van der Waals surface area contributed by atoms with Crippen LogP contribution in [0.3, 0.4) is 0 Å². The third-order valence-corrected chi connectivity index (χ3v) is 3.06. The quantitative estimate of drug-likeness (QED) is 0.815. The number of nitrogens with one attached hydrogen (secondary N) is 1. The Kier molecular flexibility index (Phi) is 4.74. The number of halogens is 1. The molecule has 0 fully saturated rings. The molecule has 0 saturated heterocycles. The van der Waals surface area contributed by atoms with Crippen LogP contribution in [0.25, 0.3) is 0 Å². The summed E-state index contributed by atoms with van der Waals surface area (Å²) in [5.41, 5.74) is 5.52. The summed E-state index contributed by atoms with van der Waals surface area (Å²) >= 11 is 6.11. The Morgan fingerprint density at radius 3 is 2.47 bits per heavy atom. The number of carbonyl (C=O) groups excluding carboxylic acids is 1. The molecule has 1 heterocycles. The van der Waals surface area contributed by atoms with Crippen LogP contribution in [0.5, 0.6) is 0 Å². The Morgan fingerprint density at radius 1 is 1.42 bits per heavy atom. The van der Waals surface area contributed by atoms with Gasteiger partial charge in [-0.05, 0) is 20.8 Å². The smallest absolute Gasteiger partial charge is 0.219 e. The van der Waals surface area contributed by atoms with E-state index in [4.69, 9.17) is 17.3 Å². The van der Waals surface area contributed by atoms with Gasteiger partial charge in [-0.25, -0.2) is 9.97 Å². The average molecular weight is 285 g/mol. The zero-order valence-corrected chi connectivity index (χ0v) is 12.8. The van der Waals surface area contributed by atoms with Crippen LogP contribution in [-0.4, -0.2) is 21.4 Å². The third-order valence-electron chi connectivity index (χ3n) is 2.69. The van der Waals surface area contributed by atoms with Crippen molar-refractivity contribution >= 4 is 23.3 Å². The molecule has 1 aromatic rings. The molecule has 1 amide bonds. The van der Waals surface area contributed by atoms with Crippen molar-refractivity contribution < 1.29 is 4.79 Å². The molecule has 0 radical (unpaired) electrons. The summed E-state index contributed by atoms with van der Waals surface area (Å²) in [7, 11) is 0. The molecule has 0 bridgehead atoms. The highest BCUT2D eigenvalue weighted by molar-refractivity contribution is 6.30. The molecule has 0 spiro atoms. The Bertz CT molecular complexity index is 486. The fraction of sp³-hybridized carbons (Fsp3) is 0.615. The fourth-order valence-corrected chi connectivity index (χ4v) is 1.86. The van der Waals surface area contributed by atoms with E-state index in [1.165, 1.54) is 0 Å². The Balaban J connectivity index is 3.09. The molecule has 0 saturated carbocycles. The highest BCUT2D eigenvalue weighted by Crippen LogP contribution is 2.26. The van der Waals surface area contributed by atoms with E-state index in [1.54, 1.807) is 0 Å². The van der Waals surface area contributed by atoms with Crippen LogP contribution in [0.1, 0.15) is 51.4 Å². The first-order chi connectivity index (χ1) is 8.62. The fourth-order valence-electron chi connectivity index (χ4n) is 1.69. The molecule has 5 nitrogen and oxygen atoms in total. The number of carbonyl (C=O) groups is 1. The number of amides is 1. The lowest BCUT2D eigenvalue weighted by Crippen LogP contribution is -2.36. The van der Waals surface area contributed by atoms with Crippen molar-refractivity contribution in [3.8, 4) is 0 Å². The summed E-state index contributed by atoms with van der Waals surface area (Å²) in [5.74, 6) is 1.14. The van der Waals surface area contributed by atoms with E-state index in [-0.39, 0.29) is 18.2 Å². The molecule has 0 aromatic carbocycles. The van der Waals surface area contributed by atoms with Crippen LogP contribution in [0.15, 0.2) is 0 Å². The first kappa shape index (κ1) is 15.7. The van der Waals surface area contributed by atoms with E-state index >= 15 is 0 Å². The maximum atomic E-state index is 11.1. The van der Waals surface area contributed by atoms with Crippen molar-refractivity contribution in [3.63, 3.8) is 0 Å². The van der Waals surface area contributed by atoms with E-state index in [1.807, 2.05) is 34.6 Å². The second kappa shape index (κ2) is 5.74. The highest BCUT2D eigenvalue weighted by Gasteiger charge is 2.23. The van der Waals surface area contributed by atoms with Gasteiger partial charge in [-0.2, -0.15) is 0 Å². The average Bonchev–Trinajstić information content (AvgIpc) is 2.21. The van der Waals surface area contributed by atoms with E-state index < -0.39 is 5.54 Å². The summed E-state index contributed by atoms with van der Waals surface area (Å²) in [4.78, 5) is 19.8. The minimum absolute atomic E-state index is 0.179. The molecule has 19 heavy (non-hydrogen) atoms. The summed E-state index contributed by atoms with van der Waals surface area (Å²) in [6.45, 7) is 9.62. The van der Waals surface area contributed by atoms with Crippen molar-refractivity contribution in [1.82, 2.24) is 9.97 Å². The van der Waals surface area contributed by atoms with E-state index in [0.29, 0.717) is 16.8 Å². The Labute approximate surface area is 119 Å². The van der Waals surface area contributed by atoms with Gasteiger partial charge in [-0.15, -0.1) is 0 Å². The number of nitrogens with zero attached hydrogens (tertiary/aromatic N) is 2. The molecule has 3 N–H and O–H groups in total. The van der Waals surface area contributed by atoms with Gasteiger partial charge in [0.25, 0.3) is 0 Å². The molecular formula is C13H21ClN4O. The SMILES string of the molecule is Cc1c(Cl)nc(C(C)C)nc1NC(C)(C)CC(N)=O. The van der Waals surface area contributed by atoms with Gasteiger partial charge in [0.05, 0.1) is 0 Å². The first-order valence-corrected chi connectivity index (χ1v) is 6.60. The minimum Gasteiger partial charge on any atom is -0.370 e. The molecule has 106 valence electrons. The van der Waals surface area contributed by atoms with Crippen LogP contribution in [0, 0.1) is 6.92 Å². The second-order valence-electron chi connectivity index (χ2n) is 5.65. The van der Waals surface area contributed by atoms with Crippen molar-refractivity contribution in [2.75, 3.05) is 5.32 Å². The van der Waals surface area contributed by atoms with Gasteiger partial charge >= 0.3 is 0 Å². The number of hydrogen-bond acceptors (Lipinski definition) is 4. The van der Waals surface area contributed by atoms with Gasteiger partial charge in [0.15, 0.2) is 0 Å². The molecule has 6 heteroatoms. The Morgan fingerprint density at radius 2 is 2.00 bits per heavy atom. The summed E-state index contributed by atoms with van der Waals surface area (Å²) in [6, 6.07) is 0. The molecular weight excluding hydrogens is 264 g/mol. The number of primary amides is 1. The van der Waals surface area contributed by atoms with Crippen LogP contribution >= 0.6 is 11.6 Å². The zero-order valence-electron chi connectivity index (χ0n) is 12.0. The lowest BCUT2D eigenvalue weighted by Gasteiger charge is -2.27. The third kappa shape index (κ3) is 4.35. The largest absolute Gasteiger partial charge is 0.370 e. The minimum atomic E-state index is -0.484. The van der Waals surface area contributed by atoms with Crippen molar-refractivity contribution in [3.05, 3.63) is 16.5 Å². The molecule has 0 atom stereocenters. The van der Waals surface area contributed by atoms with Gasteiger partial charge in [-0.1, -0.05) is 25.4 Å². The predicted octanol–water partition coefficient (Wildman–Crippen LogP) is 2.63. The van der Waals surface area contributed by atoms with E-state index in [0.717, 1.165) is 5.56 Å². The summed E-state index contributed by atoms with van der Waals surface area (Å²) in [6.07, 6.45) is 0.213. The van der Waals surface area contributed by atoms with Crippen molar-refractivity contribution in [1.29, 1.82) is 0 Å².